The van der Waals surface area contributed by atoms with Crippen molar-refractivity contribution in [3.8, 4) is 5.75 Å². The SMILES string of the molecule is CC(N)C(Oc1ccc(Cl)c2ccccc12)C(F)(F)F. The monoisotopic (exact) mass is 303 g/mol. The molecule has 0 saturated carbocycles. The highest BCUT2D eigenvalue weighted by Crippen LogP contribution is 2.34. The van der Waals surface area contributed by atoms with Crippen LogP contribution in [0.3, 0.4) is 0 Å². The molecule has 0 radical (unpaired) electrons. The van der Waals surface area contributed by atoms with Crippen molar-refractivity contribution < 1.29 is 17.9 Å². The molecule has 2 unspecified atom stereocenters. The minimum Gasteiger partial charge on any atom is -0.479 e. The smallest absolute Gasteiger partial charge is 0.426 e. The normalized spacial score (nSPS) is 15.1. The van der Waals surface area contributed by atoms with Crippen molar-refractivity contribution in [2.45, 2.75) is 25.2 Å². The van der Waals surface area contributed by atoms with Crippen LogP contribution in [0.2, 0.25) is 5.02 Å². The first-order valence-electron chi connectivity index (χ1n) is 5.97. The summed E-state index contributed by atoms with van der Waals surface area (Å²) in [6, 6.07) is 8.60. The summed E-state index contributed by atoms with van der Waals surface area (Å²) in [5.41, 5.74) is 5.37. The van der Waals surface area contributed by atoms with Crippen LogP contribution in [-0.4, -0.2) is 18.3 Å². The Morgan fingerprint density at radius 1 is 1.10 bits per heavy atom. The van der Waals surface area contributed by atoms with E-state index in [4.69, 9.17) is 22.1 Å². The van der Waals surface area contributed by atoms with E-state index in [0.29, 0.717) is 15.8 Å². The quantitative estimate of drug-likeness (QED) is 0.924. The zero-order valence-corrected chi connectivity index (χ0v) is 11.4. The van der Waals surface area contributed by atoms with Crippen LogP contribution >= 0.6 is 11.6 Å². The Labute approximate surface area is 119 Å². The molecule has 2 aromatic carbocycles. The van der Waals surface area contributed by atoms with Crippen molar-refractivity contribution in [1.82, 2.24) is 0 Å². The molecule has 108 valence electrons. The van der Waals surface area contributed by atoms with Crippen molar-refractivity contribution in [1.29, 1.82) is 0 Å². The molecule has 0 fully saturated rings. The molecule has 20 heavy (non-hydrogen) atoms. The van der Waals surface area contributed by atoms with Crippen molar-refractivity contribution in [2.24, 2.45) is 5.73 Å². The van der Waals surface area contributed by atoms with Crippen molar-refractivity contribution >= 4 is 22.4 Å². The summed E-state index contributed by atoms with van der Waals surface area (Å²) in [5, 5.41) is 1.62. The van der Waals surface area contributed by atoms with Gasteiger partial charge in [-0.25, -0.2) is 0 Å². The molecule has 0 bridgehead atoms. The van der Waals surface area contributed by atoms with Crippen LogP contribution in [-0.2, 0) is 0 Å². The van der Waals surface area contributed by atoms with E-state index >= 15 is 0 Å². The van der Waals surface area contributed by atoms with Crippen molar-refractivity contribution in [3.63, 3.8) is 0 Å². The molecule has 0 aliphatic rings. The van der Waals surface area contributed by atoms with Gasteiger partial charge in [0.05, 0.1) is 0 Å². The summed E-state index contributed by atoms with van der Waals surface area (Å²) in [5.74, 6) is 0.115. The van der Waals surface area contributed by atoms with Crippen LogP contribution in [0.25, 0.3) is 10.8 Å². The number of rotatable bonds is 3. The fraction of sp³-hybridized carbons (Fsp3) is 0.286. The molecule has 2 atom stereocenters. The average Bonchev–Trinajstić information content (AvgIpc) is 2.36. The number of nitrogens with two attached hydrogens (primary N) is 1. The summed E-state index contributed by atoms with van der Waals surface area (Å²) >= 11 is 6.02. The number of ether oxygens (including phenoxy) is 1. The summed E-state index contributed by atoms with van der Waals surface area (Å²) in [4.78, 5) is 0. The largest absolute Gasteiger partial charge is 0.479 e. The van der Waals surface area contributed by atoms with Gasteiger partial charge in [0.1, 0.15) is 5.75 Å². The molecule has 0 aliphatic carbocycles. The number of alkyl halides is 3. The van der Waals surface area contributed by atoms with E-state index in [1.807, 2.05) is 0 Å². The lowest BCUT2D eigenvalue weighted by Gasteiger charge is -2.25. The van der Waals surface area contributed by atoms with Gasteiger partial charge in [-0.15, -0.1) is 0 Å². The van der Waals surface area contributed by atoms with Crippen LogP contribution in [0.5, 0.6) is 5.75 Å². The number of hydrogen-bond acceptors (Lipinski definition) is 2. The highest BCUT2D eigenvalue weighted by atomic mass is 35.5. The topological polar surface area (TPSA) is 35.2 Å². The Morgan fingerprint density at radius 2 is 1.70 bits per heavy atom. The fourth-order valence-electron chi connectivity index (χ4n) is 1.95. The molecule has 0 heterocycles. The Morgan fingerprint density at radius 3 is 2.25 bits per heavy atom. The average molecular weight is 304 g/mol. The third-order valence-corrected chi connectivity index (χ3v) is 3.21. The summed E-state index contributed by atoms with van der Waals surface area (Å²) in [6.07, 6.45) is -6.60. The van der Waals surface area contributed by atoms with Crippen LogP contribution < -0.4 is 10.5 Å². The van der Waals surface area contributed by atoms with Gasteiger partial charge in [0.25, 0.3) is 0 Å². The van der Waals surface area contributed by atoms with E-state index in [0.717, 1.165) is 0 Å². The van der Waals surface area contributed by atoms with E-state index in [9.17, 15) is 13.2 Å². The molecule has 2 aromatic rings. The first-order valence-corrected chi connectivity index (χ1v) is 6.34. The molecule has 0 spiro atoms. The van der Waals surface area contributed by atoms with Crippen LogP contribution in [0, 0.1) is 0 Å². The lowest BCUT2D eigenvalue weighted by Crippen LogP contribution is -2.47. The first kappa shape index (κ1) is 14.9. The first-order chi connectivity index (χ1) is 9.30. The lowest BCUT2D eigenvalue weighted by atomic mass is 10.1. The number of fused-ring (bicyclic) bond motifs is 1. The Kier molecular flexibility index (Phi) is 4.11. The Balaban J connectivity index is 2.46. The summed E-state index contributed by atoms with van der Waals surface area (Å²) in [7, 11) is 0. The molecule has 0 amide bonds. The highest BCUT2D eigenvalue weighted by molar-refractivity contribution is 6.35. The van der Waals surface area contributed by atoms with Gasteiger partial charge in [0.2, 0.25) is 6.10 Å². The Bertz CT molecular complexity index is 613. The maximum absolute atomic E-state index is 12.9. The van der Waals surface area contributed by atoms with E-state index in [1.54, 1.807) is 24.3 Å². The molecule has 0 aromatic heterocycles. The minimum atomic E-state index is -4.53. The third-order valence-electron chi connectivity index (χ3n) is 2.88. The molecule has 2 N–H and O–H groups in total. The second kappa shape index (κ2) is 5.50. The van der Waals surface area contributed by atoms with Crippen LogP contribution in [0.4, 0.5) is 13.2 Å². The fourth-order valence-corrected chi connectivity index (χ4v) is 2.17. The van der Waals surface area contributed by atoms with Gasteiger partial charge in [-0.1, -0.05) is 35.9 Å². The minimum absolute atomic E-state index is 0.115. The van der Waals surface area contributed by atoms with Gasteiger partial charge in [-0.3, -0.25) is 0 Å². The number of benzene rings is 2. The molecule has 2 nitrogen and oxygen atoms in total. The zero-order valence-electron chi connectivity index (χ0n) is 10.6. The van der Waals surface area contributed by atoms with E-state index in [1.165, 1.54) is 19.1 Å². The Hall–Kier alpha value is -1.46. The van der Waals surface area contributed by atoms with Gasteiger partial charge in [-0.05, 0) is 19.1 Å². The standard InChI is InChI=1S/C14H13ClF3NO/c1-8(19)13(14(16,17)18)20-12-7-6-11(15)9-4-2-3-5-10(9)12/h2-8,13H,19H2,1H3. The maximum atomic E-state index is 12.9. The number of halogens is 4. The second-order valence-electron chi connectivity index (χ2n) is 4.53. The van der Waals surface area contributed by atoms with Gasteiger partial charge in [0.15, 0.2) is 0 Å². The molecular formula is C14H13ClF3NO. The number of hydrogen-bond donors (Lipinski definition) is 1. The predicted octanol–water partition coefficient (Wildman–Crippen LogP) is 4.15. The predicted molar refractivity (Wildman–Crippen MR) is 73.1 cm³/mol. The van der Waals surface area contributed by atoms with Crippen molar-refractivity contribution in [2.75, 3.05) is 0 Å². The summed E-state index contributed by atoms with van der Waals surface area (Å²) in [6.45, 7) is 1.26. The van der Waals surface area contributed by atoms with Gasteiger partial charge >= 0.3 is 6.18 Å². The second-order valence-corrected chi connectivity index (χ2v) is 4.94. The highest BCUT2D eigenvalue weighted by Gasteiger charge is 2.44. The van der Waals surface area contributed by atoms with Gasteiger partial charge < -0.3 is 10.5 Å². The molecule has 0 aliphatic heterocycles. The molecule has 0 saturated heterocycles. The third kappa shape index (κ3) is 2.99. The lowest BCUT2D eigenvalue weighted by molar-refractivity contribution is -0.199. The van der Waals surface area contributed by atoms with E-state index in [-0.39, 0.29) is 5.75 Å². The molecular weight excluding hydrogens is 291 g/mol. The van der Waals surface area contributed by atoms with Gasteiger partial charge in [0, 0.05) is 21.8 Å². The van der Waals surface area contributed by atoms with Crippen LogP contribution in [0.1, 0.15) is 6.92 Å². The van der Waals surface area contributed by atoms with E-state index < -0.39 is 18.3 Å². The van der Waals surface area contributed by atoms with Gasteiger partial charge in [-0.2, -0.15) is 13.2 Å². The van der Waals surface area contributed by atoms with E-state index in [2.05, 4.69) is 0 Å². The molecule has 6 heteroatoms. The summed E-state index contributed by atoms with van der Waals surface area (Å²) < 4.78 is 43.8. The molecule has 2 rings (SSSR count). The zero-order chi connectivity index (χ0) is 14.9. The maximum Gasteiger partial charge on any atom is 0.426 e. The van der Waals surface area contributed by atoms with Crippen LogP contribution in [0.15, 0.2) is 36.4 Å². The van der Waals surface area contributed by atoms with Crippen molar-refractivity contribution in [3.05, 3.63) is 41.4 Å².